The molecule has 3 heterocycles. The SMILES string of the molecule is CC1(C)C(N)=N[C@@]2(Cc3ccc(/C=C(\F)c4cnc(OCCn5ccnc5)cn4)cc32)CS1(=O)=O. The summed E-state index contributed by atoms with van der Waals surface area (Å²) in [5, 5.41) is 0. The monoisotopic (exact) mass is 496 g/mol. The van der Waals surface area contributed by atoms with Crippen LogP contribution >= 0.6 is 0 Å². The van der Waals surface area contributed by atoms with E-state index < -0.39 is 26.0 Å². The van der Waals surface area contributed by atoms with E-state index >= 15 is 0 Å². The average Bonchev–Trinajstić information content (AvgIpc) is 3.32. The van der Waals surface area contributed by atoms with Crippen LogP contribution in [0.2, 0.25) is 0 Å². The van der Waals surface area contributed by atoms with Gasteiger partial charge in [-0.3, -0.25) is 4.99 Å². The van der Waals surface area contributed by atoms with E-state index in [4.69, 9.17) is 10.5 Å². The van der Waals surface area contributed by atoms with Crippen LogP contribution in [0, 0.1) is 0 Å². The van der Waals surface area contributed by atoms with Crippen LogP contribution in [0.3, 0.4) is 0 Å². The van der Waals surface area contributed by atoms with Gasteiger partial charge in [0.05, 0.1) is 31.0 Å². The molecule has 0 unspecified atom stereocenters. The van der Waals surface area contributed by atoms with E-state index in [1.54, 1.807) is 38.5 Å². The summed E-state index contributed by atoms with van der Waals surface area (Å²) >= 11 is 0. The zero-order valence-corrected chi connectivity index (χ0v) is 20.2. The third-order valence-corrected chi connectivity index (χ3v) is 9.22. The van der Waals surface area contributed by atoms with Crippen molar-refractivity contribution in [1.29, 1.82) is 0 Å². The molecule has 0 amide bonds. The van der Waals surface area contributed by atoms with Crippen molar-refractivity contribution < 1.29 is 17.5 Å². The molecule has 0 radical (unpaired) electrons. The van der Waals surface area contributed by atoms with Gasteiger partial charge in [-0.25, -0.2) is 27.8 Å². The Kier molecular flexibility index (Phi) is 5.47. The maximum atomic E-state index is 14.9. The number of halogens is 1. The number of ether oxygens (including phenoxy) is 1. The number of imidazole rings is 1. The van der Waals surface area contributed by atoms with Crippen LogP contribution in [0.5, 0.6) is 5.88 Å². The summed E-state index contributed by atoms with van der Waals surface area (Å²) < 4.78 is 46.9. The summed E-state index contributed by atoms with van der Waals surface area (Å²) in [6.45, 7) is 4.12. The number of hydrogen-bond acceptors (Lipinski definition) is 8. The normalized spacial score (nSPS) is 22.3. The Morgan fingerprint density at radius 3 is 2.80 bits per heavy atom. The Labute approximate surface area is 202 Å². The highest BCUT2D eigenvalue weighted by Gasteiger charge is 2.54. The van der Waals surface area contributed by atoms with Crippen molar-refractivity contribution in [3.63, 3.8) is 0 Å². The topological polar surface area (TPSA) is 125 Å². The van der Waals surface area contributed by atoms with E-state index in [0.717, 1.165) is 11.1 Å². The number of benzene rings is 1. The van der Waals surface area contributed by atoms with Crippen LogP contribution in [0.25, 0.3) is 11.9 Å². The molecule has 0 fully saturated rings. The number of hydrogen-bond donors (Lipinski definition) is 1. The van der Waals surface area contributed by atoms with Gasteiger partial charge in [0.15, 0.2) is 15.7 Å². The molecule has 35 heavy (non-hydrogen) atoms. The van der Waals surface area contributed by atoms with Crippen molar-refractivity contribution in [2.45, 2.75) is 37.1 Å². The number of fused-ring (bicyclic) bond motifs is 2. The number of rotatable bonds is 6. The minimum atomic E-state index is -3.50. The van der Waals surface area contributed by atoms with Gasteiger partial charge >= 0.3 is 0 Å². The third-order valence-electron chi connectivity index (χ3n) is 6.60. The lowest BCUT2D eigenvalue weighted by Gasteiger charge is -2.46. The Hall–Kier alpha value is -3.60. The van der Waals surface area contributed by atoms with Crippen molar-refractivity contribution in [3.8, 4) is 5.88 Å². The van der Waals surface area contributed by atoms with E-state index in [9.17, 15) is 12.8 Å². The molecule has 2 aliphatic rings. The molecular formula is C24H25FN6O3S. The summed E-state index contributed by atoms with van der Waals surface area (Å²) in [4.78, 5) is 16.8. The molecule has 2 N–H and O–H groups in total. The zero-order valence-electron chi connectivity index (χ0n) is 19.3. The van der Waals surface area contributed by atoms with Gasteiger partial charge in [0.2, 0.25) is 5.88 Å². The minimum Gasteiger partial charge on any atom is -0.475 e. The van der Waals surface area contributed by atoms with Gasteiger partial charge in [-0.1, -0.05) is 12.1 Å². The number of nitrogens with two attached hydrogens (primary N) is 1. The summed E-state index contributed by atoms with van der Waals surface area (Å²) in [5.41, 5.74) is 7.52. The van der Waals surface area contributed by atoms with Gasteiger partial charge in [-0.2, -0.15) is 0 Å². The molecule has 9 nitrogen and oxygen atoms in total. The van der Waals surface area contributed by atoms with Crippen molar-refractivity contribution in [2.75, 3.05) is 12.4 Å². The average molecular weight is 497 g/mol. The fourth-order valence-corrected chi connectivity index (χ4v) is 5.94. The predicted octanol–water partition coefficient (Wildman–Crippen LogP) is 2.54. The molecule has 1 aliphatic heterocycles. The largest absolute Gasteiger partial charge is 0.475 e. The van der Waals surface area contributed by atoms with Gasteiger partial charge in [0, 0.05) is 18.8 Å². The number of aromatic nitrogens is 4. The Bertz CT molecular complexity index is 1430. The van der Waals surface area contributed by atoms with E-state index in [0.29, 0.717) is 31.0 Å². The van der Waals surface area contributed by atoms with Gasteiger partial charge in [-0.15, -0.1) is 0 Å². The molecule has 182 valence electrons. The van der Waals surface area contributed by atoms with Crippen LogP contribution in [0.1, 0.15) is 36.2 Å². The van der Waals surface area contributed by atoms with E-state index in [2.05, 4.69) is 19.9 Å². The first-order valence-corrected chi connectivity index (χ1v) is 12.7. The minimum absolute atomic E-state index is 0.0635. The smallest absolute Gasteiger partial charge is 0.232 e. The molecular weight excluding hydrogens is 471 g/mol. The fourth-order valence-electron chi connectivity index (χ4n) is 4.26. The molecule has 2 aromatic heterocycles. The molecule has 3 aromatic rings. The second-order valence-corrected chi connectivity index (χ2v) is 11.8. The molecule has 0 saturated heterocycles. The summed E-state index contributed by atoms with van der Waals surface area (Å²) in [6, 6.07) is 5.41. The molecule has 1 aromatic carbocycles. The first-order chi connectivity index (χ1) is 16.6. The second kappa shape index (κ2) is 8.26. The summed E-state index contributed by atoms with van der Waals surface area (Å²) in [6.07, 6.45) is 9.70. The van der Waals surface area contributed by atoms with Gasteiger partial charge in [-0.05, 0) is 42.7 Å². The molecule has 5 rings (SSSR count). The fraction of sp³-hybridized carbons (Fsp3) is 0.333. The van der Waals surface area contributed by atoms with Gasteiger partial charge < -0.3 is 15.0 Å². The highest BCUT2D eigenvalue weighted by Crippen LogP contribution is 2.48. The Balaban J connectivity index is 1.32. The van der Waals surface area contributed by atoms with E-state index in [1.165, 1.54) is 18.5 Å². The first kappa shape index (κ1) is 23.2. The van der Waals surface area contributed by atoms with Crippen LogP contribution in [0.4, 0.5) is 4.39 Å². The maximum Gasteiger partial charge on any atom is 0.232 e. The van der Waals surface area contributed by atoms with Crippen molar-refractivity contribution >= 4 is 27.6 Å². The lowest BCUT2D eigenvalue weighted by atomic mass is 9.71. The quantitative estimate of drug-likeness (QED) is 0.556. The molecule has 11 heteroatoms. The van der Waals surface area contributed by atoms with Crippen LogP contribution < -0.4 is 10.5 Å². The third kappa shape index (κ3) is 4.09. The zero-order chi connectivity index (χ0) is 24.8. The standard InChI is InChI=1S/C24H25FN6O3S/c1-23(2)22(26)30-24(14-35(23,32)33)11-17-4-3-16(9-18(17)24)10-19(25)20-12-29-21(13-28-20)34-8-7-31-6-5-27-15-31/h3-6,9-10,12-13,15H,7-8,11,14H2,1-2H3,(H2,26,30)/b19-10-/t24-/m0/s1. The molecule has 1 aliphatic carbocycles. The maximum absolute atomic E-state index is 14.9. The second-order valence-electron chi connectivity index (χ2n) is 9.27. The van der Waals surface area contributed by atoms with Gasteiger partial charge in [0.1, 0.15) is 28.4 Å². The van der Waals surface area contributed by atoms with Crippen LogP contribution in [0.15, 0.2) is 54.3 Å². The lowest BCUT2D eigenvalue weighted by Crippen LogP contribution is -2.58. The number of aliphatic imine (C=N–C) groups is 1. The van der Waals surface area contributed by atoms with E-state index in [-0.39, 0.29) is 17.3 Å². The number of nitrogens with zero attached hydrogens (tertiary/aromatic N) is 5. The first-order valence-electron chi connectivity index (χ1n) is 11.1. The Morgan fingerprint density at radius 1 is 1.29 bits per heavy atom. The highest BCUT2D eigenvalue weighted by molar-refractivity contribution is 7.93. The Morgan fingerprint density at radius 2 is 2.11 bits per heavy atom. The van der Waals surface area contributed by atoms with Crippen LogP contribution in [-0.4, -0.2) is 50.9 Å². The van der Waals surface area contributed by atoms with Crippen molar-refractivity contribution in [2.24, 2.45) is 10.7 Å². The van der Waals surface area contributed by atoms with Gasteiger partial charge in [0.25, 0.3) is 0 Å². The molecule has 1 atom stereocenters. The molecule has 1 spiro atoms. The van der Waals surface area contributed by atoms with E-state index in [1.807, 2.05) is 16.8 Å². The number of amidine groups is 1. The predicted molar refractivity (Wildman–Crippen MR) is 130 cm³/mol. The van der Waals surface area contributed by atoms with Crippen molar-refractivity contribution in [1.82, 2.24) is 19.5 Å². The lowest BCUT2D eigenvalue weighted by molar-refractivity contribution is 0.286. The summed E-state index contributed by atoms with van der Waals surface area (Å²) in [5.74, 6) is -0.300. The van der Waals surface area contributed by atoms with Crippen LogP contribution in [-0.2, 0) is 28.3 Å². The molecule has 0 saturated carbocycles. The summed E-state index contributed by atoms with van der Waals surface area (Å²) in [7, 11) is -3.50. The number of sulfone groups is 1. The van der Waals surface area contributed by atoms with Crippen molar-refractivity contribution in [3.05, 3.63) is 71.7 Å². The molecule has 0 bridgehead atoms. The highest BCUT2D eigenvalue weighted by atomic mass is 32.2.